The summed E-state index contributed by atoms with van der Waals surface area (Å²) in [5.41, 5.74) is 0. The molecule has 0 saturated heterocycles. The lowest BCUT2D eigenvalue weighted by atomic mass is 10.4. The fraction of sp³-hybridized carbons (Fsp3) is 0.143. The number of nitrogens with one attached hydrogen (secondary N) is 1. The molecule has 1 rings (SSSR count). The van der Waals surface area contributed by atoms with E-state index < -0.39 is 8.27 Å². The van der Waals surface area contributed by atoms with E-state index in [1.165, 1.54) is 5.19 Å². The van der Waals surface area contributed by atoms with Crippen molar-refractivity contribution in [1.29, 1.82) is 0 Å². The highest BCUT2D eigenvalue weighted by Crippen LogP contribution is 1.88. The molecule has 0 saturated carbocycles. The Labute approximate surface area is 67.4 Å². The van der Waals surface area contributed by atoms with Crippen LogP contribution in [0.5, 0.6) is 0 Å². The van der Waals surface area contributed by atoms with Gasteiger partial charge in [-0.2, -0.15) is 0 Å². The summed E-state index contributed by atoms with van der Waals surface area (Å²) in [5.74, 6) is 0. The van der Waals surface area contributed by atoms with E-state index in [4.69, 9.17) is 11.1 Å². The summed E-state index contributed by atoms with van der Waals surface area (Å²) in [6.45, 7) is 0. The molecule has 1 unspecified atom stereocenters. The molecule has 1 aromatic rings. The molecule has 0 bridgehead atoms. The number of benzene rings is 1. The minimum absolute atomic E-state index is 1.24. The van der Waals surface area contributed by atoms with Gasteiger partial charge in [-0.3, -0.25) is 0 Å². The van der Waals surface area contributed by atoms with Crippen molar-refractivity contribution in [3.05, 3.63) is 30.3 Å². The summed E-state index contributed by atoms with van der Waals surface area (Å²) < 4.78 is 0. The Morgan fingerprint density at radius 2 is 1.90 bits per heavy atom. The highest BCUT2D eigenvalue weighted by Gasteiger charge is 2.04. The van der Waals surface area contributed by atoms with Crippen LogP contribution in [0.2, 0.25) is 0 Å². The van der Waals surface area contributed by atoms with E-state index in [0.29, 0.717) is 0 Å². The maximum Gasteiger partial charge on any atom is 0.242 e. The molecule has 0 aliphatic rings. The van der Waals surface area contributed by atoms with Gasteiger partial charge in [-0.1, -0.05) is 30.3 Å². The molecule has 1 atom stereocenters. The molecule has 0 fully saturated rings. The minimum Gasteiger partial charge on any atom is -0.327 e. The predicted octanol–water partition coefficient (Wildman–Crippen LogP) is 0.572. The van der Waals surface area contributed by atoms with Gasteiger partial charge in [0.25, 0.3) is 0 Å². The van der Waals surface area contributed by atoms with E-state index in [1.54, 1.807) is 0 Å². The summed E-state index contributed by atoms with van der Waals surface area (Å²) in [6, 6.07) is 10.1. The van der Waals surface area contributed by atoms with Gasteiger partial charge >= 0.3 is 0 Å². The normalized spacial score (nSPS) is 13.0. The van der Waals surface area contributed by atoms with Crippen molar-refractivity contribution in [1.82, 2.24) is 4.98 Å². The van der Waals surface area contributed by atoms with Gasteiger partial charge in [0.15, 0.2) is 0 Å². The summed E-state index contributed by atoms with van der Waals surface area (Å²) in [4.78, 5) is 3.09. The average molecular weight is 172 g/mol. The van der Waals surface area contributed by atoms with Crippen molar-refractivity contribution in [2.75, 3.05) is 7.05 Å². The molecule has 0 aromatic heterocycles. The lowest BCUT2D eigenvalue weighted by Crippen LogP contribution is -2.37. The third-order valence-electron chi connectivity index (χ3n) is 1.35. The third-order valence-corrected chi connectivity index (χ3v) is 4.23. The first-order valence-corrected chi connectivity index (χ1v) is 6.11. The predicted molar refractivity (Wildman–Crippen MR) is 48.1 cm³/mol. The van der Waals surface area contributed by atoms with Crippen molar-refractivity contribution in [3.8, 4) is 0 Å². The van der Waals surface area contributed by atoms with Crippen LogP contribution in [0.3, 0.4) is 0 Å². The van der Waals surface area contributed by atoms with Crippen LogP contribution in [0, 0.1) is 0 Å². The van der Waals surface area contributed by atoms with Crippen LogP contribution >= 0.6 is 11.1 Å². The second-order valence-corrected chi connectivity index (χ2v) is 5.34. The van der Waals surface area contributed by atoms with E-state index in [2.05, 4.69) is 17.1 Å². The van der Waals surface area contributed by atoms with Gasteiger partial charge in [0.2, 0.25) is 8.27 Å². The highest BCUT2D eigenvalue weighted by atomic mass is 35.6. The molecule has 1 nitrogen and oxygen atoms in total. The van der Waals surface area contributed by atoms with Crippen LogP contribution in [0.1, 0.15) is 0 Å². The summed E-state index contributed by atoms with van der Waals surface area (Å²) in [5, 5.41) is 1.24. The SMILES string of the molecule is CN[SiH](Cl)c1ccccc1. The first-order valence-electron chi connectivity index (χ1n) is 3.21. The van der Waals surface area contributed by atoms with Gasteiger partial charge < -0.3 is 4.98 Å². The van der Waals surface area contributed by atoms with Gasteiger partial charge in [0, 0.05) is 0 Å². The molecule has 0 radical (unpaired) electrons. The van der Waals surface area contributed by atoms with E-state index in [-0.39, 0.29) is 0 Å². The van der Waals surface area contributed by atoms with Gasteiger partial charge in [-0.25, -0.2) is 0 Å². The Kier molecular flexibility index (Phi) is 2.93. The molecule has 10 heavy (non-hydrogen) atoms. The Morgan fingerprint density at radius 1 is 1.30 bits per heavy atom. The minimum atomic E-state index is -1.32. The molecule has 0 aliphatic heterocycles. The molecule has 1 aromatic carbocycles. The summed E-state index contributed by atoms with van der Waals surface area (Å²) in [6.07, 6.45) is 0. The zero-order valence-corrected chi connectivity index (χ0v) is 7.75. The Hall–Kier alpha value is -0.313. The van der Waals surface area contributed by atoms with E-state index in [9.17, 15) is 0 Å². The fourth-order valence-electron chi connectivity index (χ4n) is 0.789. The average Bonchev–Trinajstić information content (AvgIpc) is 2.05. The quantitative estimate of drug-likeness (QED) is 0.507. The summed E-state index contributed by atoms with van der Waals surface area (Å²) >= 11 is 6.02. The number of rotatable bonds is 2. The van der Waals surface area contributed by atoms with Gasteiger partial charge in [-0.05, 0) is 12.2 Å². The maximum absolute atomic E-state index is 6.02. The van der Waals surface area contributed by atoms with E-state index in [1.807, 2.05) is 25.2 Å². The van der Waals surface area contributed by atoms with Crippen molar-refractivity contribution >= 4 is 24.5 Å². The fourth-order valence-corrected chi connectivity index (χ4v) is 2.12. The topological polar surface area (TPSA) is 12.0 Å². The monoisotopic (exact) mass is 171 g/mol. The molecule has 1 N–H and O–H groups in total. The van der Waals surface area contributed by atoms with Crippen molar-refractivity contribution in [2.45, 2.75) is 0 Å². The second-order valence-electron chi connectivity index (χ2n) is 2.06. The smallest absolute Gasteiger partial charge is 0.242 e. The van der Waals surface area contributed by atoms with Crippen molar-refractivity contribution in [3.63, 3.8) is 0 Å². The maximum atomic E-state index is 6.02. The number of hydrogen-bond donors (Lipinski definition) is 1. The lowest BCUT2D eigenvalue weighted by Gasteiger charge is -2.03. The lowest BCUT2D eigenvalue weighted by molar-refractivity contribution is 1.25. The zero-order valence-electron chi connectivity index (χ0n) is 5.84. The van der Waals surface area contributed by atoms with E-state index >= 15 is 0 Å². The van der Waals surface area contributed by atoms with Crippen LogP contribution in [0.15, 0.2) is 30.3 Å². The van der Waals surface area contributed by atoms with Crippen LogP contribution < -0.4 is 10.2 Å². The van der Waals surface area contributed by atoms with Crippen LogP contribution in [0.25, 0.3) is 0 Å². The molecule has 3 heteroatoms. The first-order chi connectivity index (χ1) is 4.84. The van der Waals surface area contributed by atoms with Crippen LogP contribution in [-0.4, -0.2) is 15.3 Å². The van der Waals surface area contributed by atoms with Crippen LogP contribution in [-0.2, 0) is 0 Å². The van der Waals surface area contributed by atoms with Crippen molar-refractivity contribution in [2.24, 2.45) is 0 Å². The molecule has 0 spiro atoms. The molecule has 0 amide bonds. The zero-order chi connectivity index (χ0) is 7.40. The molecular weight excluding hydrogens is 162 g/mol. The molecule has 0 aliphatic carbocycles. The molecule has 54 valence electrons. The first kappa shape index (κ1) is 7.79. The standard InChI is InChI=1S/C7H10ClNSi/c1-9-10(8)7-5-3-2-4-6-7/h2-6,9-10H,1H3. The Bertz CT molecular complexity index is 190. The van der Waals surface area contributed by atoms with Gasteiger partial charge in [0.1, 0.15) is 0 Å². The number of halogens is 1. The van der Waals surface area contributed by atoms with E-state index in [0.717, 1.165) is 0 Å². The largest absolute Gasteiger partial charge is 0.327 e. The Morgan fingerprint density at radius 3 is 2.40 bits per heavy atom. The van der Waals surface area contributed by atoms with Gasteiger partial charge in [-0.15, -0.1) is 11.1 Å². The highest BCUT2D eigenvalue weighted by molar-refractivity contribution is 7.12. The molecular formula is C7H10ClNSi. The summed E-state index contributed by atoms with van der Waals surface area (Å²) in [7, 11) is 0.582. The van der Waals surface area contributed by atoms with Gasteiger partial charge in [0.05, 0.1) is 0 Å². The second kappa shape index (κ2) is 3.76. The number of hydrogen-bond acceptors (Lipinski definition) is 1. The van der Waals surface area contributed by atoms with Crippen molar-refractivity contribution < 1.29 is 0 Å². The molecule has 0 heterocycles. The third kappa shape index (κ3) is 1.83. The van der Waals surface area contributed by atoms with Crippen LogP contribution in [0.4, 0.5) is 0 Å². The Balaban J connectivity index is 2.75.